The highest BCUT2D eigenvalue weighted by atomic mass is 79.9. The molecule has 168 valence electrons. The largest absolute Gasteiger partial charge is 0.496 e. The molecule has 2 aromatic carbocycles. The molecule has 2 aromatic rings. The second kappa shape index (κ2) is 10.6. The molecule has 0 bridgehead atoms. The molecule has 1 N–H and O–H groups in total. The zero-order valence-corrected chi connectivity index (χ0v) is 20.3. The van der Waals surface area contributed by atoms with Crippen LogP contribution in [0.4, 0.5) is 0 Å². The van der Waals surface area contributed by atoms with Crippen molar-refractivity contribution in [2.24, 2.45) is 0 Å². The first kappa shape index (κ1) is 23.8. The first-order chi connectivity index (χ1) is 14.8. The summed E-state index contributed by atoms with van der Waals surface area (Å²) in [6.07, 6.45) is 4.57. The normalized spacial score (nSPS) is 16.1. The molecular weight excluding hydrogens is 480 g/mol. The number of nitrogens with one attached hydrogen (secondary N) is 1. The second-order valence-electron chi connectivity index (χ2n) is 7.83. The molecule has 1 fully saturated rings. The molecule has 0 aliphatic heterocycles. The third-order valence-electron chi connectivity index (χ3n) is 5.68. The number of sulfonamides is 1. The van der Waals surface area contributed by atoms with E-state index in [1.807, 2.05) is 31.2 Å². The Morgan fingerprint density at radius 1 is 1.13 bits per heavy atom. The monoisotopic (exact) mass is 508 g/mol. The fourth-order valence-corrected chi connectivity index (χ4v) is 5.96. The van der Waals surface area contributed by atoms with Crippen molar-refractivity contribution in [1.29, 1.82) is 0 Å². The lowest BCUT2D eigenvalue weighted by Crippen LogP contribution is -2.47. The van der Waals surface area contributed by atoms with Crippen LogP contribution in [-0.2, 0) is 14.8 Å². The number of hydrogen-bond donors (Lipinski definition) is 1. The summed E-state index contributed by atoms with van der Waals surface area (Å²) in [5, 5.41) is 2.94. The number of ether oxygens (including phenoxy) is 1. The van der Waals surface area contributed by atoms with Gasteiger partial charge in [0.2, 0.25) is 15.9 Å². The van der Waals surface area contributed by atoms with Gasteiger partial charge in [0, 0.05) is 16.1 Å². The molecule has 1 amide bonds. The van der Waals surface area contributed by atoms with E-state index in [0.717, 1.165) is 42.1 Å². The van der Waals surface area contributed by atoms with E-state index in [4.69, 9.17) is 4.74 Å². The minimum absolute atomic E-state index is 0.172. The second-order valence-corrected chi connectivity index (χ2v) is 10.6. The van der Waals surface area contributed by atoms with E-state index in [2.05, 4.69) is 21.2 Å². The highest BCUT2D eigenvalue weighted by molar-refractivity contribution is 9.10. The van der Waals surface area contributed by atoms with E-state index < -0.39 is 10.0 Å². The van der Waals surface area contributed by atoms with Crippen LogP contribution in [0.1, 0.15) is 50.6 Å². The Hall–Kier alpha value is -1.90. The molecule has 0 heterocycles. The van der Waals surface area contributed by atoms with E-state index in [1.165, 1.54) is 4.31 Å². The lowest BCUT2D eigenvalue weighted by atomic mass is 9.95. The van der Waals surface area contributed by atoms with Gasteiger partial charge in [0.1, 0.15) is 5.75 Å². The van der Waals surface area contributed by atoms with Crippen molar-refractivity contribution in [1.82, 2.24) is 9.62 Å². The topological polar surface area (TPSA) is 75.7 Å². The Morgan fingerprint density at radius 2 is 1.77 bits per heavy atom. The van der Waals surface area contributed by atoms with Crippen molar-refractivity contribution in [2.75, 3.05) is 13.7 Å². The molecule has 0 aromatic heterocycles. The first-order valence-electron chi connectivity index (χ1n) is 10.5. The maximum Gasteiger partial charge on any atom is 0.243 e. The van der Waals surface area contributed by atoms with Crippen molar-refractivity contribution >= 4 is 31.9 Å². The standard InChI is InChI=1S/C23H29BrN2O4S/c1-17(21-10-6-7-11-22(21)30-2)25-23(27)16-26(19-8-4-3-5-9-19)31(28,29)20-14-12-18(24)13-15-20/h6-7,10-15,17,19H,3-5,8-9,16H2,1-2H3,(H,25,27). The average Bonchev–Trinajstić information content (AvgIpc) is 2.78. The van der Waals surface area contributed by atoms with E-state index in [-0.39, 0.29) is 29.4 Å². The summed E-state index contributed by atoms with van der Waals surface area (Å²) in [5.41, 5.74) is 0.846. The third kappa shape index (κ3) is 5.87. The Morgan fingerprint density at radius 3 is 2.42 bits per heavy atom. The summed E-state index contributed by atoms with van der Waals surface area (Å²) in [6.45, 7) is 1.66. The number of halogens is 1. The number of para-hydroxylation sites is 1. The van der Waals surface area contributed by atoms with Gasteiger partial charge in [-0.1, -0.05) is 53.4 Å². The third-order valence-corrected chi connectivity index (χ3v) is 8.13. The molecule has 1 atom stereocenters. The molecule has 31 heavy (non-hydrogen) atoms. The predicted molar refractivity (Wildman–Crippen MR) is 124 cm³/mol. The number of benzene rings is 2. The number of hydrogen-bond acceptors (Lipinski definition) is 4. The molecule has 0 radical (unpaired) electrons. The Bertz CT molecular complexity index is 989. The van der Waals surface area contributed by atoms with Gasteiger partial charge in [0.25, 0.3) is 0 Å². The minimum atomic E-state index is -3.80. The maximum atomic E-state index is 13.4. The average molecular weight is 509 g/mol. The highest BCUT2D eigenvalue weighted by Crippen LogP contribution is 2.29. The van der Waals surface area contributed by atoms with Crippen molar-refractivity contribution in [3.05, 3.63) is 58.6 Å². The van der Waals surface area contributed by atoms with Crippen LogP contribution in [0.5, 0.6) is 5.75 Å². The zero-order valence-electron chi connectivity index (χ0n) is 17.9. The van der Waals surface area contributed by atoms with Gasteiger partial charge in [-0.2, -0.15) is 4.31 Å². The van der Waals surface area contributed by atoms with Gasteiger partial charge in [-0.15, -0.1) is 0 Å². The van der Waals surface area contributed by atoms with Crippen molar-refractivity contribution < 1.29 is 17.9 Å². The van der Waals surface area contributed by atoms with Gasteiger partial charge in [-0.25, -0.2) is 8.42 Å². The highest BCUT2D eigenvalue weighted by Gasteiger charge is 2.34. The van der Waals surface area contributed by atoms with Crippen LogP contribution >= 0.6 is 15.9 Å². The molecular formula is C23H29BrN2O4S. The summed E-state index contributed by atoms with van der Waals surface area (Å²) in [5.74, 6) is 0.353. The fourth-order valence-electron chi connectivity index (χ4n) is 4.05. The smallest absolute Gasteiger partial charge is 0.243 e. The summed E-state index contributed by atoms with van der Waals surface area (Å²) >= 11 is 3.34. The maximum absolute atomic E-state index is 13.4. The molecule has 0 spiro atoms. The van der Waals surface area contributed by atoms with Crippen molar-refractivity contribution in [3.63, 3.8) is 0 Å². The molecule has 1 aliphatic rings. The van der Waals surface area contributed by atoms with Gasteiger partial charge >= 0.3 is 0 Å². The molecule has 1 unspecified atom stereocenters. The number of amides is 1. The molecule has 1 saturated carbocycles. The van der Waals surface area contributed by atoms with Crippen molar-refractivity contribution in [2.45, 2.75) is 56.0 Å². The number of methoxy groups -OCH3 is 1. The lowest BCUT2D eigenvalue weighted by Gasteiger charge is -2.33. The first-order valence-corrected chi connectivity index (χ1v) is 12.8. The summed E-state index contributed by atoms with van der Waals surface area (Å²) in [6, 6.07) is 13.5. The Labute approximate surface area is 193 Å². The van der Waals surface area contributed by atoms with Gasteiger partial charge in [-0.3, -0.25) is 4.79 Å². The lowest BCUT2D eigenvalue weighted by molar-refractivity contribution is -0.122. The van der Waals surface area contributed by atoms with E-state index in [0.29, 0.717) is 5.75 Å². The minimum Gasteiger partial charge on any atom is -0.496 e. The predicted octanol–water partition coefficient (Wildman–Crippen LogP) is 4.66. The Balaban J connectivity index is 1.81. The molecule has 1 aliphatic carbocycles. The SMILES string of the molecule is COc1ccccc1C(C)NC(=O)CN(C1CCCCC1)S(=O)(=O)c1ccc(Br)cc1. The number of nitrogens with zero attached hydrogens (tertiary/aromatic N) is 1. The number of rotatable bonds is 8. The van der Waals surface area contributed by atoms with Gasteiger partial charge in [0.15, 0.2) is 0 Å². The van der Waals surface area contributed by atoms with Gasteiger partial charge < -0.3 is 10.1 Å². The van der Waals surface area contributed by atoms with E-state index in [1.54, 1.807) is 31.4 Å². The van der Waals surface area contributed by atoms with Crippen LogP contribution in [0.2, 0.25) is 0 Å². The van der Waals surface area contributed by atoms with Crippen LogP contribution in [0.25, 0.3) is 0 Å². The summed E-state index contributed by atoms with van der Waals surface area (Å²) in [7, 11) is -2.21. The molecule has 0 saturated heterocycles. The molecule has 6 nitrogen and oxygen atoms in total. The number of carbonyl (C=O) groups is 1. The van der Waals surface area contributed by atoms with Crippen LogP contribution in [0.15, 0.2) is 57.9 Å². The van der Waals surface area contributed by atoms with Crippen LogP contribution in [0.3, 0.4) is 0 Å². The zero-order chi connectivity index (χ0) is 22.4. The quantitative estimate of drug-likeness (QED) is 0.562. The van der Waals surface area contributed by atoms with Crippen LogP contribution in [-0.4, -0.2) is 38.3 Å². The van der Waals surface area contributed by atoms with Crippen LogP contribution < -0.4 is 10.1 Å². The van der Waals surface area contributed by atoms with Gasteiger partial charge in [-0.05, 0) is 50.1 Å². The van der Waals surface area contributed by atoms with Crippen LogP contribution in [0, 0.1) is 0 Å². The van der Waals surface area contributed by atoms with Gasteiger partial charge in [0.05, 0.1) is 24.6 Å². The summed E-state index contributed by atoms with van der Waals surface area (Å²) in [4.78, 5) is 13.1. The fraction of sp³-hybridized carbons (Fsp3) is 0.435. The number of carbonyl (C=O) groups excluding carboxylic acids is 1. The Kier molecular flexibility index (Phi) is 8.13. The summed E-state index contributed by atoms with van der Waals surface area (Å²) < 4.78 is 34.5. The molecule has 3 rings (SSSR count). The van der Waals surface area contributed by atoms with E-state index >= 15 is 0 Å². The van der Waals surface area contributed by atoms with Crippen molar-refractivity contribution in [3.8, 4) is 5.75 Å². The van der Waals surface area contributed by atoms with E-state index in [9.17, 15) is 13.2 Å². The molecule has 8 heteroatoms.